The summed E-state index contributed by atoms with van der Waals surface area (Å²) in [5, 5.41) is 6.37. The first-order valence-corrected chi connectivity index (χ1v) is 6.14. The third-order valence-electron chi connectivity index (χ3n) is 2.72. The van der Waals surface area contributed by atoms with Crippen molar-refractivity contribution in [3.05, 3.63) is 55.1 Å². The smallest absolute Gasteiger partial charge is 0.135 e. The highest BCUT2D eigenvalue weighted by Crippen LogP contribution is 2.19. The normalized spacial score (nSPS) is 10.2. The second kappa shape index (κ2) is 5.31. The van der Waals surface area contributed by atoms with Crippen molar-refractivity contribution >= 4 is 28.7 Å². The van der Waals surface area contributed by atoms with Gasteiger partial charge in [-0.25, -0.2) is 9.97 Å². The van der Waals surface area contributed by atoms with Gasteiger partial charge in [0, 0.05) is 29.8 Å². The van der Waals surface area contributed by atoms with Gasteiger partial charge >= 0.3 is 0 Å². The molecule has 0 aliphatic heterocycles. The number of nitrogens with zero attached hydrogens (tertiary/aromatic N) is 2. The molecular weight excluding hydrogens is 252 g/mol. The number of hydrogen-bond donors (Lipinski definition) is 4. The lowest BCUT2D eigenvalue weighted by Gasteiger charge is -2.08. The number of aromatic amines is 1. The summed E-state index contributed by atoms with van der Waals surface area (Å²) in [7, 11) is 0. The van der Waals surface area contributed by atoms with Crippen molar-refractivity contribution in [2.75, 3.05) is 16.4 Å². The molecule has 5 N–H and O–H groups in total. The van der Waals surface area contributed by atoms with Crippen LogP contribution in [0.5, 0.6) is 0 Å². The van der Waals surface area contributed by atoms with Gasteiger partial charge in [-0.1, -0.05) is 0 Å². The molecule has 0 saturated heterocycles. The number of nitrogens with two attached hydrogens (primary N) is 1. The molecule has 0 aliphatic rings. The first kappa shape index (κ1) is 12.0. The van der Waals surface area contributed by atoms with Crippen LogP contribution >= 0.6 is 0 Å². The van der Waals surface area contributed by atoms with Crippen molar-refractivity contribution < 1.29 is 0 Å². The van der Waals surface area contributed by atoms with Crippen LogP contribution in [0.4, 0.5) is 28.7 Å². The van der Waals surface area contributed by atoms with E-state index in [-0.39, 0.29) is 0 Å². The zero-order chi connectivity index (χ0) is 13.8. The molecule has 2 aromatic heterocycles. The number of aromatic nitrogens is 3. The van der Waals surface area contributed by atoms with Gasteiger partial charge in [-0.2, -0.15) is 0 Å². The lowest BCUT2D eigenvalue weighted by atomic mass is 10.3. The maximum atomic E-state index is 5.65. The Morgan fingerprint density at radius 1 is 0.900 bits per heavy atom. The van der Waals surface area contributed by atoms with Gasteiger partial charge in [-0.3, -0.25) is 0 Å². The summed E-state index contributed by atoms with van der Waals surface area (Å²) < 4.78 is 0. The lowest BCUT2D eigenvalue weighted by Crippen LogP contribution is -1.98. The highest BCUT2D eigenvalue weighted by Gasteiger charge is 2.00. The number of nitrogens with one attached hydrogen (secondary N) is 3. The third kappa shape index (κ3) is 2.86. The second-order valence-corrected chi connectivity index (χ2v) is 4.26. The van der Waals surface area contributed by atoms with Crippen LogP contribution in [0.2, 0.25) is 0 Å². The van der Waals surface area contributed by atoms with E-state index in [0.717, 1.165) is 22.9 Å². The molecule has 3 rings (SSSR count). The zero-order valence-electron chi connectivity index (χ0n) is 10.7. The summed E-state index contributed by atoms with van der Waals surface area (Å²) in [6.07, 6.45) is 5.21. The average Bonchev–Trinajstić information content (AvgIpc) is 2.95. The van der Waals surface area contributed by atoms with Crippen LogP contribution < -0.4 is 16.4 Å². The summed E-state index contributed by atoms with van der Waals surface area (Å²) in [5.74, 6) is 1.43. The number of anilines is 5. The Labute approximate surface area is 116 Å². The lowest BCUT2D eigenvalue weighted by molar-refractivity contribution is 1.17. The molecule has 0 unspecified atom stereocenters. The molecule has 0 spiro atoms. The first-order chi connectivity index (χ1) is 9.79. The van der Waals surface area contributed by atoms with Gasteiger partial charge in [0.05, 0.1) is 5.69 Å². The molecule has 0 aliphatic carbocycles. The van der Waals surface area contributed by atoms with Crippen LogP contribution in [-0.4, -0.2) is 15.0 Å². The van der Waals surface area contributed by atoms with Gasteiger partial charge < -0.3 is 21.4 Å². The van der Waals surface area contributed by atoms with E-state index in [0.29, 0.717) is 5.82 Å². The van der Waals surface area contributed by atoms with Gasteiger partial charge in [-0.15, -0.1) is 0 Å². The van der Waals surface area contributed by atoms with Crippen LogP contribution in [0.15, 0.2) is 55.1 Å². The number of nitrogen functional groups attached to an aromatic ring is 1. The minimum Gasteiger partial charge on any atom is -0.399 e. The summed E-state index contributed by atoms with van der Waals surface area (Å²) in [6.45, 7) is 0. The van der Waals surface area contributed by atoms with Gasteiger partial charge in [-0.05, 0) is 30.3 Å². The fraction of sp³-hybridized carbons (Fsp3) is 0. The van der Waals surface area contributed by atoms with Crippen LogP contribution in [0, 0.1) is 0 Å². The van der Waals surface area contributed by atoms with Crippen molar-refractivity contribution in [1.29, 1.82) is 0 Å². The predicted molar refractivity (Wildman–Crippen MR) is 80.2 cm³/mol. The molecule has 3 aromatic rings. The van der Waals surface area contributed by atoms with Crippen molar-refractivity contribution in [3.8, 4) is 0 Å². The summed E-state index contributed by atoms with van der Waals surface area (Å²) in [6, 6.07) is 11.2. The topological polar surface area (TPSA) is 91.7 Å². The number of hydrogen-bond acceptors (Lipinski definition) is 5. The molecular formula is C14H14N6. The van der Waals surface area contributed by atoms with E-state index in [1.165, 1.54) is 6.33 Å². The highest BCUT2D eigenvalue weighted by atomic mass is 15.1. The number of benzene rings is 1. The van der Waals surface area contributed by atoms with E-state index >= 15 is 0 Å². The maximum absolute atomic E-state index is 5.65. The Morgan fingerprint density at radius 3 is 2.25 bits per heavy atom. The SMILES string of the molecule is Nc1ccc(Nc2cc(Nc3cc[nH]c3)ncn2)cc1. The largest absolute Gasteiger partial charge is 0.399 e. The molecule has 0 fully saturated rings. The number of rotatable bonds is 4. The quantitative estimate of drug-likeness (QED) is 0.545. The molecule has 0 saturated carbocycles. The molecule has 0 atom stereocenters. The standard InChI is InChI=1S/C14H14N6/c15-10-1-3-11(4-2-10)19-13-7-14(18-9-17-13)20-12-5-6-16-8-12/h1-9,16H,15H2,(H2,17,18,19,20). The molecule has 6 heteroatoms. The van der Waals surface area contributed by atoms with Gasteiger partial charge in [0.25, 0.3) is 0 Å². The van der Waals surface area contributed by atoms with E-state index in [1.807, 2.05) is 48.8 Å². The molecule has 6 nitrogen and oxygen atoms in total. The van der Waals surface area contributed by atoms with E-state index in [4.69, 9.17) is 5.73 Å². The fourth-order valence-corrected chi connectivity index (χ4v) is 1.76. The summed E-state index contributed by atoms with van der Waals surface area (Å²) >= 11 is 0. The minimum atomic E-state index is 0.711. The summed E-state index contributed by atoms with van der Waals surface area (Å²) in [4.78, 5) is 11.3. The minimum absolute atomic E-state index is 0.711. The Morgan fingerprint density at radius 2 is 1.60 bits per heavy atom. The second-order valence-electron chi connectivity index (χ2n) is 4.26. The zero-order valence-corrected chi connectivity index (χ0v) is 10.7. The molecule has 2 heterocycles. The van der Waals surface area contributed by atoms with Crippen LogP contribution in [0.1, 0.15) is 0 Å². The molecule has 20 heavy (non-hydrogen) atoms. The maximum Gasteiger partial charge on any atom is 0.135 e. The van der Waals surface area contributed by atoms with E-state index in [1.54, 1.807) is 0 Å². The van der Waals surface area contributed by atoms with Crippen LogP contribution in [-0.2, 0) is 0 Å². The van der Waals surface area contributed by atoms with E-state index in [2.05, 4.69) is 25.6 Å². The molecule has 1 aromatic carbocycles. The fourth-order valence-electron chi connectivity index (χ4n) is 1.76. The molecule has 0 amide bonds. The van der Waals surface area contributed by atoms with Gasteiger partial charge in [0.1, 0.15) is 18.0 Å². The van der Waals surface area contributed by atoms with Gasteiger partial charge in [0.2, 0.25) is 0 Å². The van der Waals surface area contributed by atoms with Crippen LogP contribution in [0.3, 0.4) is 0 Å². The van der Waals surface area contributed by atoms with Crippen molar-refractivity contribution in [2.24, 2.45) is 0 Å². The van der Waals surface area contributed by atoms with Crippen molar-refractivity contribution in [3.63, 3.8) is 0 Å². The van der Waals surface area contributed by atoms with Crippen molar-refractivity contribution in [2.45, 2.75) is 0 Å². The number of H-pyrrole nitrogens is 1. The molecule has 0 radical (unpaired) electrons. The Balaban J connectivity index is 1.75. The van der Waals surface area contributed by atoms with E-state index < -0.39 is 0 Å². The first-order valence-electron chi connectivity index (χ1n) is 6.14. The van der Waals surface area contributed by atoms with Crippen molar-refractivity contribution in [1.82, 2.24) is 15.0 Å². The molecule has 0 bridgehead atoms. The third-order valence-corrected chi connectivity index (χ3v) is 2.72. The van der Waals surface area contributed by atoms with Crippen LogP contribution in [0.25, 0.3) is 0 Å². The molecule has 100 valence electrons. The predicted octanol–water partition coefficient (Wildman–Crippen LogP) is 2.87. The van der Waals surface area contributed by atoms with Gasteiger partial charge in [0.15, 0.2) is 0 Å². The Kier molecular flexibility index (Phi) is 3.20. The summed E-state index contributed by atoms with van der Waals surface area (Å²) in [5.41, 5.74) is 8.25. The Bertz CT molecular complexity index is 675. The monoisotopic (exact) mass is 266 g/mol. The average molecular weight is 266 g/mol. The highest BCUT2D eigenvalue weighted by molar-refractivity contribution is 5.63. The van der Waals surface area contributed by atoms with E-state index in [9.17, 15) is 0 Å². The Hall–Kier alpha value is -3.02.